The highest BCUT2D eigenvalue weighted by molar-refractivity contribution is 5.15. The van der Waals surface area contributed by atoms with Crippen LogP contribution in [0.15, 0.2) is 104 Å². The fraction of sp³-hybridized carbons (Fsp3) is 0.474. The normalized spacial score (nSPS) is 31.7. The van der Waals surface area contributed by atoms with Crippen LogP contribution >= 0.6 is 0 Å². The Balaban J connectivity index is 1.26. The van der Waals surface area contributed by atoms with Crippen molar-refractivity contribution >= 4 is 0 Å². The highest BCUT2D eigenvalue weighted by Gasteiger charge is 2.57. The predicted octanol–water partition coefficient (Wildman–Crippen LogP) is 5.95. The van der Waals surface area contributed by atoms with Gasteiger partial charge in [0.05, 0.1) is 39.1 Å². The molecule has 3 fully saturated rings. The van der Waals surface area contributed by atoms with Crippen molar-refractivity contribution in [1.29, 1.82) is 0 Å². The number of rotatable bonds is 14. The zero-order chi connectivity index (χ0) is 32.6. The average molecular weight is 647 g/mol. The third kappa shape index (κ3) is 8.75. The lowest BCUT2D eigenvalue weighted by Gasteiger charge is -2.46. The number of hydrogen-bond acceptors (Lipinski definition) is 9. The van der Waals surface area contributed by atoms with E-state index in [9.17, 15) is 0 Å². The molecule has 0 saturated carbocycles. The first kappa shape index (κ1) is 33.9. The monoisotopic (exact) mass is 646 g/mol. The molecule has 0 aliphatic carbocycles. The van der Waals surface area contributed by atoms with Crippen molar-refractivity contribution in [2.45, 2.75) is 102 Å². The number of benzene rings is 3. The molecule has 0 amide bonds. The van der Waals surface area contributed by atoms with Crippen molar-refractivity contribution in [1.82, 2.24) is 0 Å². The highest BCUT2D eigenvalue weighted by atomic mass is 16.8. The van der Waals surface area contributed by atoms with E-state index in [2.05, 4.69) is 6.58 Å². The summed E-state index contributed by atoms with van der Waals surface area (Å²) in [6.45, 7) is 11.1. The van der Waals surface area contributed by atoms with Gasteiger partial charge in [-0.1, -0.05) is 97.1 Å². The van der Waals surface area contributed by atoms with Crippen molar-refractivity contribution in [3.8, 4) is 0 Å². The highest BCUT2D eigenvalue weighted by Crippen LogP contribution is 2.40. The maximum atomic E-state index is 6.81. The Bertz CT molecular complexity index is 1370. The lowest BCUT2D eigenvalue weighted by atomic mass is 9.98. The van der Waals surface area contributed by atoms with Crippen molar-refractivity contribution in [2.75, 3.05) is 13.2 Å². The smallest absolute Gasteiger partial charge is 0.187 e. The van der Waals surface area contributed by atoms with Crippen LogP contribution in [0.3, 0.4) is 0 Å². The van der Waals surface area contributed by atoms with Gasteiger partial charge in [-0.15, -0.1) is 6.58 Å². The maximum Gasteiger partial charge on any atom is 0.187 e. The molecule has 9 heteroatoms. The molecule has 0 radical (unpaired) electrons. The van der Waals surface area contributed by atoms with Crippen LogP contribution in [0.2, 0.25) is 0 Å². The molecule has 0 unspecified atom stereocenters. The molecule has 9 nitrogen and oxygen atoms in total. The van der Waals surface area contributed by atoms with Gasteiger partial charge in [-0.3, -0.25) is 0 Å². The molecule has 3 saturated heterocycles. The third-order valence-electron chi connectivity index (χ3n) is 8.50. The van der Waals surface area contributed by atoms with E-state index in [4.69, 9.17) is 42.6 Å². The Kier molecular flexibility index (Phi) is 11.5. The number of fused-ring (bicyclic) bond motifs is 1. The van der Waals surface area contributed by atoms with E-state index in [1.807, 2.05) is 112 Å². The summed E-state index contributed by atoms with van der Waals surface area (Å²) in [5, 5.41) is 0. The first-order valence-corrected chi connectivity index (χ1v) is 16.4. The lowest BCUT2D eigenvalue weighted by molar-refractivity contribution is -0.342. The second kappa shape index (κ2) is 16.0. The Labute approximate surface area is 277 Å². The molecule has 0 N–H and O–H groups in total. The number of hydrogen-bond donors (Lipinski definition) is 0. The Hall–Kier alpha value is -2.96. The molecule has 0 bridgehead atoms. The minimum atomic E-state index is -0.853. The van der Waals surface area contributed by atoms with Crippen LogP contribution < -0.4 is 0 Å². The minimum absolute atomic E-state index is 0.242. The molecule has 0 spiro atoms. The molecule has 3 aromatic rings. The zero-order valence-corrected chi connectivity index (χ0v) is 27.4. The fourth-order valence-electron chi connectivity index (χ4n) is 6.25. The summed E-state index contributed by atoms with van der Waals surface area (Å²) in [6, 6.07) is 30.2. The van der Waals surface area contributed by atoms with Gasteiger partial charge in [-0.25, -0.2) is 0 Å². The van der Waals surface area contributed by atoms with Crippen molar-refractivity contribution in [3.63, 3.8) is 0 Å². The van der Waals surface area contributed by atoms with Crippen LogP contribution in [0.5, 0.6) is 0 Å². The van der Waals surface area contributed by atoms with Gasteiger partial charge in [-0.2, -0.15) is 0 Å². The third-order valence-corrected chi connectivity index (χ3v) is 8.50. The van der Waals surface area contributed by atoms with E-state index in [0.29, 0.717) is 26.4 Å². The van der Waals surface area contributed by atoms with Gasteiger partial charge in [0.15, 0.2) is 18.4 Å². The molecule has 3 aliphatic rings. The molecule has 9 atom stereocenters. The van der Waals surface area contributed by atoms with Gasteiger partial charge in [0.1, 0.15) is 36.6 Å². The van der Waals surface area contributed by atoms with Crippen LogP contribution in [0.4, 0.5) is 0 Å². The van der Waals surface area contributed by atoms with Gasteiger partial charge < -0.3 is 42.6 Å². The van der Waals surface area contributed by atoms with Crippen molar-refractivity contribution < 1.29 is 42.6 Å². The topological polar surface area (TPSA) is 83.1 Å². The Morgan fingerprint density at radius 1 is 0.681 bits per heavy atom. The SMILES string of the molecule is C=CCO[C@@H]1O[C@@H](C)[C@H](O[C@@H]2OC[C@@H](OCc3ccccc3)[C@H](OCc3ccccc3)[C@H]2OCc2ccccc2)[C@H]2OC(C)(C)O[C@@H]12. The van der Waals surface area contributed by atoms with E-state index < -0.39 is 61.1 Å². The second-order valence-corrected chi connectivity index (χ2v) is 12.6. The summed E-state index contributed by atoms with van der Waals surface area (Å²) in [5.41, 5.74) is 3.12. The molecule has 6 rings (SSSR count). The quantitative estimate of drug-likeness (QED) is 0.197. The van der Waals surface area contributed by atoms with E-state index in [-0.39, 0.29) is 6.61 Å². The summed E-state index contributed by atoms with van der Waals surface area (Å²) in [7, 11) is 0. The fourth-order valence-corrected chi connectivity index (χ4v) is 6.25. The summed E-state index contributed by atoms with van der Waals surface area (Å²) in [5.74, 6) is -0.853. The van der Waals surface area contributed by atoms with Crippen molar-refractivity contribution in [2.24, 2.45) is 0 Å². The first-order valence-electron chi connectivity index (χ1n) is 16.4. The van der Waals surface area contributed by atoms with E-state index in [0.717, 1.165) is 16.7 Å². The van der Waals surface area contributed by atoms with E-state index in [1.165, 1.54) is 0 Å². The molecule has 252 valence electrons. The summed E-state index contributed by atoms with van der Waals surface area (Å²) in [6.07, 6.45) is -3.29. The van der Waals surface area contributed by atoms with Gasteiger partial charge >= 0.3 is 0 Å². The van der Waals surface area contributed by atoms with Crippen LogP contribution in [0.1, 0.15) is 37.5 Å². The van der Waals surface area contributed by atoms with Gasteiger partial charge in [0.2, 0.25) is 0 Å². The zero-order valence-electron chi connectivity index (χ0n) is 27.4. The molecular formula is C38H46O9. The van der Waals surface area contributed by atoms with E-state index in [1.54, 1.807) is 6.08 Å². The molecule has 3 heterocycles. The largest absolute Gasteiger partial charge is 0.368 e. The molecule has 3 aliphatic heterocycles. The number of ether oxygens (including phenoxy) is 9. The van der Waals surface area contributed by atoms with Crippen LogP contribution in [-0.4, -0.2) is 74.3 Å². The van der Waals surface area contributed by atoms with Crippen LogP contribution in [0.25, 0.3) is 0 Å². The van der Waals surface area contributed by atoms with E-state index >= 15 is 0 Å². The van der Waals surface area contributed by atoms with Gasteiger partial charge in [0.25, 0.3) is 0 Å². The van der Waals surface area contributed by atoms with Gasteiger partial charge in [0, 0.05) is 0 Å². The van der Waals surface area contributed by atoms with Crippen LogP contribution in [-0.2, 0) is 62.5 Å². The maximum absolute atomic E-state index is 6.81. The molecule has 47 heavy (non-hydrogen) atoms. The molecule has 3 aromatic carbocycles. The summed E-state index contributed by atoms with van der Waals surface area (Å²) < 4.78 is 58.0. The molecular weight excluding hydrogens is 600 g/mol. The predicted molar refractivity (Wildman–Crippen MR) is 174 cm³/mol. The second-order valence-electron chi connectivity index (χ2n) is 12.6. The summed E-state index contributed by atoms with van der Waals surface area (Å²) in [4.78, 5) is 0. The standard InChI is InChI=1S/C38H46O9/c1-5-21-39-37-35-33(46-38(3,4)47-35)31(26(2)44-37)45-36-34(42-24-29-19-13-8-14-20-29)32(41-23-28-17-11-7-12-18-28)30(25-43-36)40-22-27-15-9-6-10-16-27/h5-20,26,30-37H,1,21-25H2,2-4H3/t26-,30+,31-,32-,33+,34+,35+,36-,37+/m0/s1. The van der Waals surface area contributed by atoms with Gasteiger partial charge in [-0.05, 0) is 37.5 Å². The average Bonchev–Trinajstić information content (AvgIpc) is 3.43. The van der Waals surface area contributed by atoms with Crippen LogP contribution in [0, 0.1) is 0 Å². The Morgan fingerprint density at radius 3 is 1.79 bits per heavy atom. The Morgan fingerprint density at radius 2 is 1.21 bits per heavy atom. The first-order chi connectivity index (χ1) is 22.9. The lowest BCUT2D eigenvalue weighted by Crippen LogP contribution is -2.62. The molecule has 0 aromatic heterocycles. The summed E-state index contributed by atoms with van der Waals surface area (Å²) >= 11 is 0. The van der Waals surface area contributed by atoms with Crippen molar-refractivity contribution in [3.05, 3.63) is 120 Å². The minimum Gasteiger partial charge on any atom is -0.368 e.